The van der Waals surface area contributed by atoms with Crippen molar-refractivity contribution in [3.05, 3.63) is 24.0 Å². The fourth-order valence-corrected chi connectivity index (χ4v) is 4.15. The Morgan fingerprint density at radius 3 is 2.90 bits per heavy atom. The summed E-state index contributed by atoms with van der Waals surface area (Å²) in [5.41, 5.74) is 1.26. The third-order valence-electron chi connectivity index (χ3n) is 3.75. The predicted molar refractivity (Wildman–Crippen MR) is 74.6 cm³/mol. The molecule has 6 nitrogen and oxygen atoms in total. The van der Waals surface area contributed by atoms with Gasteiger partial charge in [0.15, 0.2) is 0 Å². The van der Waals surface area contributed by atoms with E-state index < -0.39 is 15.3 Å². The average molecular weight is 292 g/mol. The fraction of sp³-hybridized carbons (Fsp3) is 0.538. The Hall–Kier alpha value is -1.65. The van der Waals surface area contributed by atoms with Crippen molar-refractivity contribution < 1.29 is 8.42 Å². The molecule has 2 fully saturated rings. The maximum atomic E-state index is 12.2. The molecule has 1 N–H and O–H groups in total. The van der Waals surface area contributed by atoms with Gasteiger partial charge in [-0.15, -0.1) is 0 Å². The second-order valence-corrected chi connectivity index (χ2v) is 7.29. The molecule has 1 saturated heterocycles. The normalized spacial score (nSPS) is 22.8. The Bertz CT molecular complexity index is 649. The number of hydrogen-bond acceptors (Lipinski definition) is 5. The van der Waals surface area contributed by atoms with E-state index in [1.807, 2.05) is 4.90 Å². The molecule has 1 aliphatic carbocycles. The van der Waals surface area contributed by atoms with Gasteiger partial charge in [-0.1, -0.05) is 0 Å². The minimum atomic E-state index is -3.25. The van der Waals surface area contributed by atoms with Crippen LogP contribution in [0.15, 0.2) is 18.5 Å². The number of rotatable bonds is 4. The first-order chi connectivity index (χ1) is 9.60. The first kappa shape index (κ1) is 13.3. The highest BCUT2D eigenvalue weighted by molar-refractivity contribution is 7.90. The first-order valence-electron chi connectivity index (χ1n) is 6.70. The number of hydrogen-bond donors (Lipinski definition) is 1. The summed E-state index contributed by atoms with van der Waals surface area (Å²) in [5, 5.41) is 8.69. The van der Waals surface area contributed by atoms with Crippen LogP contribution >= 0.6 is 0 Å². The third kappa shape index (κ3) is 2.62. The highest BCUT2D eigenvalue weighted by atomic mass is 32.2. The van der Waals surface area contributed by atoms with E-state index in [9.17, 15) is 8.42 Å². The Labute approximate surface area is 118 Å². The van der Waals surface area contributed by atoms with Gasteiger partial charge in [-0.3, -0.25) is 4.98 Å². The molecule has 0 amide bonds. The lowest BCUT2D eigenvalue weighted by Crippen LogP contribution is -2.37. The minimum Gasteiger partial charge on any atom is -0.368 e. The summed E-state index contributed by atoms with van der Waals surface area (Å²) in [6.45, 7) is 1.05. The molecule has 1 aromatic rings. The zero-order valence-electron chi connectivity index (χ0n) is 11.0. The van der Waals surface area contributed by atoms with E-state index in [4.69, 9.17) is 5.26 Å². The number of nitrogens with zero attached hydrogens (tertiary/aromatic N) is 3. The summed E-state index contributed by atoms with van der Waals surface area (Å²) in [5.74, 6) is 0. The van der Waals surface area contributed by atoms with Gasteiger partial charge in [-0.25, -0.2) is 13.1 Å². The minimum absolute atomic E-state index is 0.141. The quantitative estimate of drug-likeness (QED) is 0.879. The summed E-state index contributed by atoms with van der Waals surface area (Å²) < 4.78 is 27.1. The summed E-state index contributed by atoms with van der Waals surface area (Å²) in [7, 11) is -3.25. The van der Waals surface area contributed by atoms with Crippen molar-refractivity contribution in [3.63, 3.8) is 0 Å². The molecule has 0 spiro atoms. The van der Waals surface area contributed by atoms with Crippen LogP contribution in [0.4, 0.5) is 5.69 Å². The van der Waals surface area contributed by atoms with Crippen LogP contribution in [0.1, 0.15) is 24.8 Å². The van der Waals surface area contributed by atoms with E-state index >= 15 is 0 Å². The Morgan fingerprint density at radius 1 is 1.40 bits per heavy atom. The summed E-state index contributed by atoms with van der Waals surface area (Å²) >= 11 is 0. The molecule has 3 rings (SSSR count). The number of anilines is 1. The zero-order chi connectivity index (χ0) is 14.2. The van der Waals surface area contributed by atoms with Gasteiger partial charge < -0.3 is 4.90 Å². The molecule has 1 unspecified atom stereocenters. The standard InChI is InChI=1S/C13H16N4O2S/c14-7-10-3-5-15-8-13(10)17-6-4-12(9-17)20(18,19)16-11-1-2-11/h3,5,8,11-12,16H,1-2,4,6,9H2. The highest BCUT2D eigenvalue weighted by Crippen LogP contribution is 2.27. The van der Waals surface area contributed by atoms with Crippen molar-refractivity contribution in [3.8, 4) is 6.07 Å². The molecule has 2 aliphatic rings. The molecule has 1 aromatic heterocycles. The van der Waals surface area contributed by atoms with E-state index in [-0.39, 0.29) is 6.04 Å². The molecular weight excluding hydrogens is 276 g/mol. The van der Waals surface area contributed by atoms with E-state index in [2.05, 4.69) is 15.8 Å². The number of aromatic nitrogens is 1. The molecule has 0 bridgehead atoms. The molecule has 106 valence electrons. The van der Waals surface area contributed by atoms with Crippen LogP contribution < -0.4 is 9.62 Å². The molecule has 7 heteroatoms. The Kier molecular flexibility index (Phi) is 3.36. The first-order valence-corrected chi connectivity index (χ1v) is 8.25. The lowest BCUT2D eigenvalue weighted by Gasteiger charge is -2.19. The fourth-order valence-electron chi connectivity index (χ4n) is 2.46. The van der Waals surface area contributed by atoms with Crippen molar-refractivity contribution in [1.82, 2.24) is 9.71 Å². The third-order valence-corrected chi connectivity index (χ3v) is 5.68. The van der Waals surface area contributed by atoms with Crippen LogP contribution in [0.5, 0.6) is 0 Å². The van der Waals surface area contributed by atoms with Gasteiger partial charge in [0, 0.05) is 25.3 Å². The molecule has 2 heterocycles. The van der Waals surface area contributed by atoms with Crippen LogP contribution in [0.3, 0.4) is 0 Å². The second-order valence-electron chi connectivity index (χ2n) is 5.30. The number of pyridine rings is 1. The maximum Gasteiger partial charge on any atom is 0.216 e. The van der Waals surface area contributed by atoms with Gasteiger partial charge >= 0.3 is 0 Å². The molecule has 20 heavy (non-hydrogen) atoms. The van der Waals surface area contributed by atoms with Crippen molar-refractivity contribution in [2.75, 3.05) is 18.0 Å². The molecule has 1 atom stereocenters. The number of nitrogens with one attached hydrogen (secondary N) is 1. The van der Waals surface area contributed by atoms with Crippen LogP contribution in [-0.4, -0.2) is 37.8 Å². The maximum absolute atomic E-state index is 12.2. The number of sulfonamides is 1. The molecule has 1 aliphatic heterocycles. The SMILES string of the molecule is N#Cc1ccncc1N1CCC(S(=O)(=O)NC2CC2)C1. The lowest BCUT2D eigenvalue weighted by molar-refractivity contribution is 0.568. The van der Waals surface area contributed by atoms with Crippen molar-refractivity contribution in [2.45, 2.75) is 30.6 Å². The lowest BCUT2D eigenvalue weighted by atomic mass is 10.2. The van der Waals surface area contributed by atoms with Crippen LogP contribution in [-0.2, 0) is 10.0 Å². The van der Waals surface area contributed by atoms with Crippen LogP contribution in [0.2, 0.25) is 0 Å². The largest absolute Gasteiger partial charge is 0.368 e. The van der Waals surface area contributed by atoms with E-state index in [0.29, 0.717) is 25.1 Å². The topological polar surface area (TPSA) is 86.1 Å². The molecular formula is C13H16N4O2S. The second kappa shape index (κ2) is 5.04. The van der Waals surface area contributed by atoms with Gasteiger partial charge in [0.2, 0.25) is 10.0 Å². The van der Waals surface area contributed by atoms with E-state index in [1.54, 1.807) is 18.5 Å². The highest BCUT2D eigenvalue weighted by Gasteiger charge is 2.37. The van der Waals surface area contributed by atoms with Crippen molar-refractivity contribution in [1.29, 1.82) is 5.26 Å². The number of nitriles is 1. The monoisotopic (exact) mass is 292 g/mol. The van der Waals surface area contributed by atoms with Gasteiger partial charge in [-0.2, -0.15) is 5.26 Å². The summed E-state index contributed by atoms with van der Waals surface area (Å²) in [6.07, 6.45) is 5.67. The van der Waals surface area contributed by atoms with Gasteiger partial charge in [0.05, 0.1) is 22.7 Å². The predicted octanol–water partition coefficient (Wildman–Crippen LogP) is 0.614. The smallest absolute Gasteiger partial charge is 0.216 e. The Balaban J connectivity index is 1.75. The summed E-state index contributed by atoms with van der Waals surface area (Å²) in [6, 6.07) is 3.91. The van der Waals surface area contributed by atoms with E-state index in [0.717, 1.165) is 18.5 Å². The van der Waals surface area contributed by atoms with E-state index in [1.165, 1.54) is 0 Å². The average Bonchev–Trinajstić information content (AvgIpc) is 3.09. The molecule has 0 aromatic carbocycles. The Morgan fingerprint density at radius 2 is 2.20 bits per heavy atom. The van der Waals surface area contributed by atoms with Crippen LogP contribution in [0.25, 0.3) is 0 Å². The molecule has 1 saturated carbocycles. The zero-order valence-corrected chi connectivity index (χ0v) is 11.8. The van der Waals surface area contributed by atoms with Gasteiger partial charge in [0.25, 0.3) is 0 Å². The van der Waals surface area contributed by atoms with Crippen LogP contribution in [0, 0.1) is 11.3 Å². The molecule has 0 radical (unpaired) electrons. The van der Waals surface area contributed by atoms with Crippen molar-refractivity contribution >= 4 is 15.7 Å². The van der Waals surface area contributed by atoms with Gasteiger partial charge in [0.1, 0.15) is 6.07 Å². The van der Waals surface area contributed by atoms with Gasteiger partial charge in [-0.05, 0) is 25.3 Å². The summed E-state index contributed by atoms with van der Waals surface area (Å²) in [4.78, 5) is 5.96. The van der Waals surface area contributed by atoms with Crippen molar-refractivity contribution in [2.24, 2.45) is 0 Å².